The molecule has 4 bridgehead atoms. The van der Waals surface area contributed by atoms with Gasteiger partial charge in [0.1, 0.15) is 0 Å². The molecule has 1 heteroatoms. The largest absolute Gasteiger partial charge is 0.300 e. The third kappa shape index (κ3) is 0.390. The summed E-state index contributed by atoms with van der Waals surface area (Å²) in [4.78, 5) is 0. The average Bonchev–Trinajstić information content (AvgIpc) is 2.83. The van der Waals surface area contributed by atoms with E-state index in [1.54, 1.807) is 0 Å². The Kier molecular flexibility index (Phi) is 0.690. The zero-order valence-electron chi connectivity index (χ0n) is 8.39. The Hall–Kier alpha value is -1.63. The number of hydrogen-bond acceptors (Lipinski definition) is 1. The first-order valence-electron chi connectivity index (χ1n) is 5.44. The normalized spacial score (nSPS) is 41.4. The molecule has 1 N–H and O–H groups in total. The first-order chi connectivity index (χ1) is 7.24. The highest BCUT2D eigenvalue weighted by Gasteiger charge is 2.66. The standard InChI is InChI=1S/C14H9N/c1-6-2-7-5-11-9-3-8-4-10(9)12(13(6)15)14(7,8)11/h2-5,7,15H,1H3. The SMILES string of the molecule is CC1=CC2C=C3C4=CC5=CC4=C(C1=N)C532. The smallest absolute Gasteiger partial charge is 0.0617 e. The maximum atomic E-state index is 8.23. The van der Waals surface area contributed by atoms with Crippen LogP contribution < -0.4 is 0 Å². The van der Waals surface area contributed by atoms with E-state index in [9.17, 15) is 0 Å². The van der Waals surface area contributed by atoms with Crippen molar-refractivity contribution in [1.82, 2.24) is 0 Å². The number of nitrogens with one attached hydrogen (secondary N) is 1. The van der Waals surface area contributed by atoms with Gasteiger partial charge in [-0.05, 0) is 46.9 Å². The van der Waals surface area contributed by atoms with Crippen molar-refractivity contribution in [3.63, 3.8) is 0 Å². The van der Waals surface area contributed by atoms with Gasteiger partial charge in [0, 0.05) is 11.5 Å². The molecule has 2 atom stereocenters. The summed E-state index contributed by atoms with van der Waals surface area (Å²) in [6.45, 7) is 2.07. The van der Waals surface area contributed by atoms with Crippen LogP contribution in [0.2, 0.25) is 0 Å². The summed E-state index contributed by atoms with van der Waals surface area (Å²) >= 11 is 0. The molecule has 6 rings (SSSR count). The molecule has 0 aromatic rings. The predicted octanol–water partition coefficient (Wildman–Crippen LogP) is 2.70. The second-order valence-corrected chi connectivity index (χ2v) is 5.09. The molecule has 0 saturated carbocycles. The Morgan fingerprint density at radius 3 is 2.93 bits per heavy atom. The van der Waals surface area contributed by atoms with Crippen LogP contribution in [0.25, 0.3) is 0 Å². The van der Waals surface area contributed by atoms with Gasteiger partial charge in [-0.15, -0.1) is 0 Å². The van der Waals surface area contributed by atoms with Gasteiger partial charge < -0.3 is 5.41 Å². The summed E-state index contributed by atoms with van der Waals surface area (Å²) in [6, 6.07) is 0. The molecule has 70 valence electrons. The fourth-order valence-electron chi connectivity index (χ4n) is 4.05. The highest BCUT2D eigenvalue weighted by Crippen LogP contribution is 2.75. The van der Waals surface area contributed by atoms with Gasteiger partial charge in [0.05, 0.1) is 11.1 Å². The van der Waals surface area contributed by atoms with Crippen molar-refractivity contribution in [2.45, 2.75) is 6.92 Å². The molecule has 0 heterocycles. The lowest BCUT2D eigenvalue weighted by Crippen LogP contribution is -2.41. The molecule has 1 spiro atoms. The number of allylic oxidation sites excluding steroid dienone is 10. The molecule has 0 radical (unpaired) electrons. The maximum Gasteiger partial charge on any atom is 0.0617 e. The van der Waals surface area contributed by atoms with Crippen LogP contribution in [0.5, 0.6) is 0 Å². The van der Waals surface area contributed by atoms with E-state index in [-0.39, 0.29) is 5.41 Å². The van der Waals surface area contributed by atoms with Gasteiger partial charge in [0.2, 0.25) is 0 Å². The van der Waals surface area contributed by atoms with Gasteiger partial charge in [-0.3, -0.25) is 0 Å². The first kappa shape index (κ1) is 6.78. The molecule has 15 heavy (non-hydrogen) atoms. The van der Waals surface area contributed by atoms with Crippen LogP contribution in [-0.2, 0) is 0 Å². The molecule has 0 saturated heterocycles. The molecule has 0 aromatic heterocycles. The van der Waals surface area contributed by atoms with Gasteiger partial charge in [-0.1, -0.05) is 12.2 Å². The minimum absolute atomic E-state index is 0.154. The fourth-order valence-corrected chi connectivity index (χ4v) is 4.05. The second-order valence-electron chi connectivity index (χ2n) is 5.09. The zero-order valence-corrected chi connectivity index (χ0v) is 8.39. The molecule has 0 aliphatic heterocycles. The number of rotatable bonds is 0. The van der Waals surface area contributed by atoms with Crippen molar-refractivity contribution < 1.29 is 0 Å². The van der Waals surface area contributed by atoms with Gasteiger partial charge in [0.15, 0.2) is 0 Å². The highest BCUT2D eigenvalue weighted by atomic mass is 14.7. The van der Waals surface area contributed by atoms with Crippen molar-refractivity contribution in [3.05, 3.63) is 57.7 Å². The lowest BCUT2D eigenvalue weighted by molar-refractivity contribution is 0.423. The minimum atomic E-state index is 0.154. The molecule has 2 unspecified atom stereocenters. The van der Waals surface area contributed by atoms with Crippen molar-refractivity contribution in [1.29, 1.82) is 5.41 Å². The van der Waals surface area contributed by atoms with Crippen LogP contribution >= 0.6 is 0 Å². The average molecular weight is 191 g/mol. The molecule has 0 aromatic carbocycles. The van der Waals surface area contributed by atoms with E-state index >= 15 is 0 Å². The van der Waals surface area contributed by atoms with Crippen LogP contribution in [0.1, 0.15) is 6.92 Å². The molecule has 6 aliphatic carbocycles. The predicted molar refractivity (Wildman–Crippen MR) is 58.7 cm³/mol. The molecule has 0 amide bonds. The van der Waals surface area contributed by atoms with E-state index in [4.69, 9.17) is 5.41 Å². The van der Waals surface area contributed by atoms with E-state index < -0.39 is 0 Å². The summed E-state index contributed by atoms with van der Waals surface area (Å²) in [5.74, 6) is 0.539. The van der Waals surface area contributed by atoms with Crippen molar-refractivity contribution >= 4 is 5.71 Å². The van der Waals surface area contributed by atoms with Crippen LogP contribution in [0.15, 0.2) is 57.7 Å². The van der Waals surface area contributed by atoms with Gasteiger partial charge in [0.25, 0.3) is 0 Å². The molecular weight excluding hydrogens is 182 g/mol. The summed E-state index contributed by atoms with van der Waals surface area (Å²) in [5, 5.41) is 8.23. The van der Waals surface area contributed by atoms with Gasteiger partial charge >= 0.3 is 0 Å². The van der Waals surface area contributed by atoms with Crippen molar-refractivity contribution in [2.24, 2.45) is 11.3 Å². The third-order valence-electron chi connectivity index (χ3n) is 4.64. The van der Waals surface area contributed by atoms with E-state index in [0.29, 0.717) is 5.92 Å². The molecule has 6 aliphatic rings. The topological polar surface area (TPSA) is 23.9 Å². The van der Waals surface area contributed by atoms with E-state index in [0.717, 1.165) is 11.3 Å². The Balaban J connectivity index is 2.02. The first-order valence-corrected chi connectivity index (χ1v) is 5.44. The van der Waals surface area contributed by atoms with E-state index in [1.807, 2.05) is 0 Å². The Morgan fingerprint density at radius 2 is 2.13 bits per heavy atom. The van der Waals surface area contributed by atoms with Crippen molar-refractivity contribution in [2.75, 3.05) is 0 Å². The maximum absolute atomic E-state index is 8.23. The Bertz CT molecular complexity index is 649. The summed E-state index contributed by atoms with van der Waals surface area (Å²) in [6.07, 6.45) is 9.28. The van der Waals surface area contributed by atoms with Crippen LogP contribution in [0, 0.1) is 16.7 Å². The van der Waals surface area contributed by atoms with Crippen LogP contribution in [0.4, 0.5) is 0 Å². The van der Waals surface area contributed by atoms with Gasteiger partial charge in [-0.25, -0.2) is 0 Å². The van der Waals surface area contributed by atoms with Crippen molar-refractivity contribution in [3.8, 4) is 0 Å². The minimum Gasteiger partial charge on any atom is -0.300 e. The quantitative estimate of drug-likeness (QED) is 0.608. The second kappa shape index (κ2) is 1.53. The fraction of sp³-hybridized carbons (Fsp3) is 0.214. The monoisotopic (exact) mass is 191 g/mol. The lowest BCUT2D eigenvalue weighted by Gasteiger charge is -2.46. The van der Waals surface area contributed by atoms with Gasteiger partial charge in [-0.2, -0.15) is 0 Å². The summed E-state index contributed by atoms with van der Waals surface area (Å²) < 4.78 is 0. The van der Waals surface area contributed by atoms with E-state index in [1.165, 1.54) is 27.9 Å². The Labute approximate surface area is 87.7 Å². The van der Waals surface area contributed by atoms with Crippen LogP contribution in [0.3, 0.4) is 0 Å². The Morgan fingerprint density at radius 1 is 1.27 bits per heavy atom. The summed E-state index contributed by atoms with van der Waals surface area (Å²) in [5.41, 5.74) is 9.14. The number of hydrogen-bond donors (Lipinski definition) is 1. The highest BCUT2D eigenvalue weighted by molar-refractivity contribution is 6.19. The molecule has 0 fully saturated rings. The zero-order chi connectivity index (χ0) is 9.95. The lowest BCUT2D eigenvalue weighted by atomic mass is 9.55. The van der Waals surface area contributed by atoms with E-state index in [2.05, 4.69) is 31.2 Å². The third-order valence-corrected chi connectivity index (χ3v) is 4.64. The summed E-state index contributed by atoms with van der Waals surface area (Å²) in [7, 11) is 0. The molecular formula is C14H9N. The molecule has 1 nitrogen and oxygen atoms in total. The van der Waals surface area contributed by atoms with Crippen LogP contribution in [-0.4, -0.2) is 5.71 Å².